The molecule has 0 radical (unpaired) electrons. The van der Waals surface area contributed by atoms with Crippen LogP contribution in [0, 0.1) is 21.4 Å². The van der Waals surface area contributed by atoms with Crippen LogP contribution in [0.25, 0.3) is 0 Å². The highest BCUT2D eigenvalue weighted by molar-refractivity contribution is 7.10. The number of nitrogens with zero attached hydrogens (tertiary/aromatic N) is 3. The molecule has 2 rings (SSSR count). The molecule has 2 aromatic rings. The van der Waals surface area contributed by atoms with Crippen LogP contribution in [0.15, 0.2) is 35.7 Å². The Morgan fingerprint density at radius 3 is 2.77 bits per heavy atom. The molecule has 0 saturated heterocycles. The van der Waals surface area contributed by atoms with E-state index in [9.17, 15) is 10.1 Å². The average molecular weight is 316 g/mol. The van der Waals surface area contributed by atoms with E-state index in [0.29, 0.717) is 12.2 Å². The first-order valence-corrected chi connectivity index (χ1v) is 7.53. The molecule has 6 nitrogen and oxygen atoms in total. The summed E-state index contributed by atoms with van der Waals surface area (Å²) in [6, 6.07) is 10.5. The first-order chi connectivity index (χ1) is 10.5. The molecule has 0 amide bonds. The smallest absolute Gasteiger partial charge is 0.293 e. The molecular weight excluding hydrogens is 300 g/mol. The number of hydrogen-bond donors (Lipinski definition) is 1. The highest BCUT2D eigenvalue weighted by atomic mass is 32.1. The minimum absolute atomic E-state index is 0.0808. The van der Waals surface area contributed by atoms with Crippen LogP contribution in [0.4, 0.5) is 11.4 Å². The monoisotopic (exact) mass is 316 g/mol. The zero-order valence-electron chi connectivity index (χ0n) is 12.3. The molecule has 0 aliphatic carbocycles. The van der Waals surface area contributed by atoms with Crippen molar-refractivity contribution in [1.29, 1.82) is 5.26 Å². The Kier molecular flexibility index (Phi) is 5.09. The summed E-state index contributed by atoms with van der Waals surface area (Å²) < 4.78 is 0. The van der Waals surface area contributed by atoms with E-state index in [-0.39, 0.29) is 17.3 Å². The number of nitrogens with one attached hydrogen (secondary N) is 1. The normalized spacial score (nSPS) is 11.9. The van der Waals surface area contributed by atoms with Crippen LogP contribution in [0.5, 0.6) is 0 Å². The molecule has 0 saturated carbocycles. The molecule has 1 aromatic carbocycles. The maximum Gasteiger partial charge on any atom is 0.293 e. The first-order valence-electron chi connectivity index (χ1n) is 6.65. The second-order valence-electron chi connectivity index (χ2n) is 4.98. The predicted molar refractivity (Wildman–Crippen MR) is 87.0 cm³/mol. The number of nitro groups is 1. The summed E-state index contributed by atoms with van der Waals surface area (Å²) >= 11 is 1.65. The van der Waals surface area contributed by atoms with E-state index in [0.717, 1.165) is 0 Å². The molecule has 114 valence electrons. The van der Waals surface area contributed by atoms with Crippen LogP contribution in [-0.2, 0) is 0 Å². The zero-order valence-corrected chi connectivity index (χ0v) is 13.1. The van der Waals surface area contributed by atoms with Gasteiger partial charge in [-0.1, -0.05) is 6.07 Å². The third-order valence-corrected chi connectivity index (χ3v) is 4.28. The van der Waals surface area contributed by atoms with Gasteiger partial charge in [0.1, 0.15) is 5.69 Å². The Hall–Kier alpha value is -2.43. The van der Waals surface area contributed by atoms with Gasteiger partial charge in [-0.05, 0) is 37.7 Å². The lowest BCUT2D eigenvalue weighted by molar-refractivity contribution is -0.384. The van der Waals surface area contributed by atoms with Gasteiger partial charge in [-0.25, -0.2) is 0 Å². The fraction of sp³-hybridized carbons (Fsp3) is 0.267. The number of benzene rings is 1. The van der Waals surface area contributed by atoms with Crippen molar-refractivity contribution in [1.82, 2.24) is 4.90 Å². The molecular formula is C15H16N4O2S. The summed E-state index contributed by atoms with van der Waals surface area (Å²) in [5.74, 6) is 0. The van der Waals surface area contributed by atoms with Gasteiger partial charge in [0, 0.05) is 17.5 Å². The summed E-state index contributed by atoms with van der Waals surface area (Å²) in [5.41, 5.74) is 0.620. The van der Waals surface area contributed by atoms with E-state index in [1.807, 2.05) is 37.7 Å². The largest absolute Gasteiger partial charge is 0.378 e. The summed E-state index contributed by atoms with van der Waals surface area (Å²) in [7, 11) is 3.94. The van der Waals surface area contributed by atoms with E-state index in [4.69, 9.17) is 5.26 Å². The predicted octanol–water partition coefficient (Wildman–Crippen LogP) is 3.24. The molecule has 1 heterocycles. The van der Waals surface area contributed by atoms with Crippen molar-refractivity contribution < 1.29 is 4.92 Å². The van der Waals surface area contributed by atoms with Crippen molar-refractivity contribution in [2.75, 3.05) is 26.0 Å². The lowest BCUT2D eigenvalue weighted by atomic mass is 10.1. The van der Waals surface area contributed by atoms with Gasteiger partial charge >= 0.3 is 0 Å². The number of hydrogen-bond acceptors (Lipinski definition) is 6. The molecule has 0 aliphatic rings. The van der Waals surface area contributed by atoms with Crippen LogP contribution < -0.4 is 5.32 Å². The topological polar surface area (TPSA) is 82.2 Å². The Labute approximate surface area is 132 Å². The second kappa shape index (κ2) is 7.02. The van der Waals surface area contributed by atoms with E-state index in [2.05, 4.69) is 10.2 Å². The maximum atomic E-state index is 11.1. The van der Waals surface area contributed by atoms with E-state index >= 15 is 0 Å². The number of likely N-dealkylation sites (N-methyl/N-ethyl adjacent to an activating group) is 1. The fourth-order valence-corrected chi connectivity index (χ4v) is 3.05. The molecule has 0 bridgehead atoms. The average Bonchev–Trinajstić information content (AvgIpc) is 3.01. The summed E-state index contributed by atoms with van der Waals surface area (Å²) in [4.78, 5) is 13.9. The standard InChI is InChI=1S/C15H16N4O2S/c1-18(2)14(15-4-3-7-22-15)10-17-12-6-5-11(9-16)8-13(12)19(20)21/h3-8,14,17H,10H2,1-2H3. The van der Waals surface area contributed by atoms with Crippen molar-refractivity contribution in [2.24, 2.45) is 0 Å². The minimum atomic E-state index is -0.473. The summed E-state index contributed by atoms with van der Waals surface area (Å²) in [6.45, 7) is 0.542. The second-order valence-corrected chi connectivity index (χ2v) is 5.96. The quantitative estimate of drug-likeness (QED) is 0.653. The van der Waals surface area contributed by atoms with Gasteiger partial charge < -0.3 is 10.2 Å². The van der Waals surface area contributed by atoms with Crippen molar-refractivity contribution in [2.45, 2.75) is 6.04 Å². The van der Waals surface area contributed by atoms with Gasteiger partial charge in [-0.15, -0.1) is 11.3 Å². The molecule has 0 spiro atoms. The van der Waals surface area contributed by atoms with Crippen LogP contribution in [0.2, 0.25) is 0 Å². The zero-order chi connectivity index (χ0) is 16.1. The highest BCUT2D eigenvalue weighted by Gasteiger charge is 2.19. The van der Waals surface area contributed by atoms with Crippen molar-refractivity contribution in [3.63, 3.8) is 0 Å². The number of thiophene rings is 1. The van der Waals surface area contributed by atoms with Crippen molar-refractivity contribution in [3.8, 4) is 6.07 Å². The van der Waals surface area contributed by atoms with Crippen LogP contribution in [0.3, 0.4) is 0 Å². The van der Waals surface area contributed by atoms with Gasteiger partial charge in [0.2, 0.25) is 0 Å². The number of nitro benzene ring substituents is 1. The lowest BCUT2D eigenvalue weighted by Gasteiger charge is -2.24. The molecule has 0 aliphatic heterocycles. The van der Waals surface area contributed by atoms with Gasteiger partial charge in [-0.3, -0.25) is 10.1 Å². The van der Waals surface area contributed by atoms with Crippen LogP contribution in [-0.4, -0.2) is 30.5 Å². The van der Waals surface area contributed by atoms with Crippen LogP contribution in [0.1, 0.15) is 16.5 Å². The third kappa shape index (κ3) is 3.61. The Morgan fingerprint density at radius 1 is 1.45 bits per heavy atom. The molecule has 0 fully saturated rings. The van der Waals surface area contributed by atoms with E-state index < -0.39 is 4.92 Å². The van der Waals surface area contributed by atoms with Gasteiger partial charge in [0.15, 0.2) is 0 Å². The molecule has 1 N–H and O–H groups in total. The van der Waals surface area contributed by atoms with Gasteiger partial charge in [0.25, 0.3) is 5.69 Å². The molecule has 1 aromatic heterocycles. The first kappa shape index (κ1) is 15.9. The maximum absolute atomic E-state index is 11.1. The Morgan fingerprint density at radius 2 is 2.23 bits per heavy atom. The van der Waals surface area contributed by atoms with E-state index in [1.165, 1.54) is 10.9 Å². The molecule has 1 unspecified atom stereocenters. The Balaban J connectivity index is 2.20. The molecule has 1 atom stereocenters. The number of anilines is 1. The lowest BCUT2D eigenvalue weighted by Crippen LogP contribution is -2.26. The minimum Gasteiger partial charge on any atom is -0.378 e. The Bertz CT molecular complexity index is 692. The molecule has 7 heteroatoms. The van der Waals surface area contributed by atoms with Gasteiger partial charge in [-0.2, -0.15) is 5.26 Å². The van der Waals surface area contributed by atoms with Gasteiger partial charge in [0.05, 0.1) is 22.6 Å². The SMILES string of the molecule is CN(C)C(CNc1ccc(C#N)cc1[N+](=O)[O-])c1cccs1. The highest BCUT2D eigenvalue weighted by Crippen LogP contribution is 2.28. The summed E-state index contributed by atoms with van der Waals surface area (Å²) in [5, 5.41) is 25.1. The van der Waals surface area contributed by atoms with E-state index in [1.54, 1.807) is 23.5 Å². The van der Waals surface area contributed by atoms with Crippen molar-refractivity contribution in [3.05, 3.63) is 56.3 Å². The van der Waals surface area contributed by atoms with Crippen molar-refractivity contribution >= 4 is 22.7 Å². The fourth-order valence-electron chi connectivity index (χ4n) is 2.13. The number of nitriles is 1. The number of rotatable bonds is 6. The molecule has 22 heavy (non-hydrogen) atoms. The van der Waals surface area contributed by atoms with Crippen LogP contribution >= 0.6 is 11.3 Å². The summed E-state index contributed by atoms with van der Waals surface area (Å²) in [6.07, 6.45) is 0. The third-order valence-electron chi connectivity index (χ3n) is 3.30.